The van der Waals surface area contributed by atoms with Gasteiger partial charge in [0.2, 0.25) is 15.9 Å². The number of nitrogens with two attached hydrogens (primary N) is 1. The molecular weight excluding hydrogens is 338 g/mol. The van der Waals surface area contributed by atoms with E-state index in [1.54, 1.807) is 0 Å². The van der Waals surface area contributed by atoms with Crippen LogP contribution in [0.5, 0.6) is 0 Å². The molecule has 3 aliphatic carbocycles. The minimum atomic E-state index is -3.19. The van der Waals surface area contributed by atoms with Crippen molar-refractivity contribution in [3.05, 3.63) is 0 Å². The zero-order valence-electron chi connectivity index (χ0n) is 13.5. The number of carbonyl (C=O) groups excluding carboxylic acids is 1. The maximum absolute atomic E-state index is 12.5. The molecule has 134 valence electrons. The summed E-state index contributed by atoms with van der Waals surface area (Å²) in [6, 6.07) is -0.0451. The highest BCUT2D eigenvalue weighted by atomic mass is 35.5. The Labute approximate surface area is 144 Å². The quantitative estimate of drug-likeness (QED) is 0.664. The molecule has 2 bridgehead atoms. The fourth-order valence-corrected chi connectivity index (χ4v) is 5.65. The van der Waals surface area contributed by atoms with E-state index in [2.05, 4.69) is 10.0 Å². The van der Waals surface area contributed by atoms with E-state index in [-0.39, 0.29) is 42.2 Å². The maximum Gasteiger partial charge on any atom is 0.224 e. The molecule has 4 N–H and O–H groups in total. The molecule has 0 heterocycles. The lowest BCUT2D eigenvalue weighted by atomic mass is 9.84. The van der Waals surface area contributed by atoms with E-state index in [1.807, 2.05) is 0 Å². The first-order valence-corrected chi connectivity index (χ1v) is 10.2. The molecule has 0 aliphatic heterocycles. The second kappa shape index (κ2) is 7.25. The van der Waals surface area contributed by atoms with Crippen molar-refractivity contribution in [3.63, 3.8) is 0 Å². The van der Waals surface area contributed by atoms with Crippen LogP contribution in [0.1, 0.15) is 38.5 Å². The molecule has 0 aromatic carbocycles. The minimum absolute atomic E-state index is 0. The van der Waals surface area contributed by atoms with Crippen LogP contribution in [0.4, 0.5) is 0 Å². The van der Waals surface area contributed by atoms with Crippen LogP contribution in [-0.4, -0.2) is 39.2 Å². The van der Waals surface area contributed by atoms with Gasteiger partial charge in [-0.2, -0.15) is 0 Å². The van der Waals surface area contributed by atoms with Gasteiger partial charge >= 0.3 is 0 Å². The number of hydrogen-bond donors (Lipinski definition) is 3. The molecule has 8 heteroatoms. The van der Waals surface area contributed by atoms with Gasteiger partial charge in [-0.05, 0) is 49.9 Å². The number of fused-ring (bicyclic) bond motifs is 2. The molecule has 1 amide bonds. The van der Waals surface area contributed by atoms with Gasteiger partial charge in [-0.15, -0.1) is 12.4 Å². The molecular formula is C15H28ClN3O3S. The first-order valence-electron chi connectivity index (χ1n) is 8.36. The summed E-state index contributed by atoms with van der Waals surface area (Å²) in [5.74, 6) is 1.19. The lowest BCUT2D eigenvalue weighted by molar-refractivity contribution is -0.127. The highest BCUT2D eigenvalue weighted by Gasteiger charge is 2.49. The van der Waals surface area contributed by atoms with Crippen molar-refractivity contribution in [2.45, 2.75) is 50.6 Å². The molecule has 0 aromatic rings. The molecule has 23 heavy (non-hydrogen) atoms. The van der Waals surface area contributed by atoms with Gasteiger partial charge in [-0.25, -0.2) is 13.1 Å². The summed E-state index contributed by atoms with van der Waals surface area (Å²) >= 11 is 0. The van der Waals surface area contributed by atoms with Crippen LogP contribution in [-0.2, 0) is 14.8 Å². The van der Waals surface area contributed by atoms with E-state index >= 15 is 0 Å². The molecule has 3 aliphatic rings. The summed E-state index contributed by atoms with van der Waals surface area (Å²) in [5, 5.41) is 3.04. The average Bonchev–Trinajstić information content (AvgIpc) is 3.10. The lowest BCUT2D eigenvalue weighted by Gasteiger charge is -2.28. The first kappa shape index (κ1) is 19.0. The van der Waals surface area contributed by atoms with Crippen molar-refractivity contribution in [2.75, 3.05) is 12.8 Å². The zero-order valence-corrected chi connectivity index (χ0v) is 15.2. The standard InChI is InChI=1S/C15H27N3O3S.ClH/c1-22(20,21)18-12-4-2-3-11(12)8-17-15(19)13-9-5-6-10(7-9)14(13)16;/h9-14,18H,2-8,16H2,1H3,(H,17,19);1H. The Bertz CT molecular complexity index is 540. The van der Waals surface area contributed by atoms with E-state index in [0.717, 1.165) is 32.1 Å². The number of amides is 1. The topological polar surface area (TPSA) is 101 Å². The number of nitrogens with one attached hydrogen (secondary N) is 2. The SMILES string of the molecule is CS(=O)(=O)NC1CCCC1CNC(=O)C1C2CCC(C2)C1N.Cl. The summed E-state index contributed by atoms with van der Waals surface area (Å²) in [4.78, 5) is 12.5. The predicted octanol–water partition coefficient (Wildman–Crippen LogP) is 0.616. The molecule has 6 nitrogen and oxygen atoms in total. The van der Waals surface area contributed by atoms with Crippen molar-refractivity contribution < 1.29 is 13.2 Å². The third-order valence-electron chi connectivity index (χ3n) is 5.85. The Balaban J connectivity index is 0.00000192. The molecule has 3 fully saturated rings. The molecule has 0 aromatic heterocycles. The molecule has 0 spiro atoms. The van der Waals surface area contributed by atoms with Crippen molar-refractivity contribution in [1.29, 1.82) is 0 Å². The van der Waals surface area contributed by atoms with Crippen LogP contribution in [0, 0.1) is 23.7 Å². The summed E-state index contributed by atoms with van der Waals surface area (Å²) in [5.41, 5.74) is 6.21. The smallest absolute Gasteiger partial charge is 0.224 e. The van der Waals surface area contributed by atoms with E-state index in [1.165, 1.54) is 12.7 Å². The number of halogens is 1. The fraction of sp³-hybridized carbons (Fsp3) is 0.933. The van der Waals surface area contributed by atoms with Crippen LogP contribution in [0.2, 0.25) is 0 Å². The van der Waals surface area contributed by atoms with Crippen molar-refractivity contribution >= 4 is 28.3 Å². The number of rotatable bonds is 5. The highest BCUT2D eigenvalue weighted by Crippen LogP contribution is 2.47. The van der Waals surface area contributed by atoms with E-state index in [9.17, 15) is 13.2 Å². The van der Waals surface area contributed by atoms with Crippen LogP contribution in [0.3, 0.4) is 0 Å². The Morgan fingerprint density at radius 2 is 1.87 bits per heavy atom. The van der Waals surface area contributed by atoms with Crippen LogP contribution >= 0.6 is 12.4 Å². The van der Waals surface area contributed by atoms with Gasteiger partial charge in [0.25, 0.3) is 0 Å². The molecule has 3 rings (SSSR count). The van der Waals surface area contributed by atoms with Gasteiger partial charge in [0.1, 0.15) is 0 Å². The summed E-state index contributed by atoms with van der Waals surface area (Å²) in [6.45, 7) is 0.548. The third kappa shape index (κ3) is 4.18. The normalized spacial score (nSPS) is 39.2. The lowest BCUT2D eigenvalue weighted by Crippen LogP contribution is -2.48. The van der Waals surface area contributed by atoms with E-state index in [0.29, 0.717) is 18.4 Å². The fourth-order valence-electron chi connectivity index (χ4n) is 4.79. The zero-order chi connectivity index (χ0) is 15.9. The van der Waals surface area contributed by atoms with Crippen molar-refractivity contribution in [1.82, 2.24) is 10.0 Å². The van der Waals surface area contributed by atoms with Gasteiger partial charge in [-0.3, -0.25) is 4.79 Å². The Morgan fingerprint density at radius 1 is 1.17 bits per heavy atom. The molecule has 0 saturated heterocycles. The summed E-state index contributed by atoms with van der Waals surface area (Å²) < 4.78 is 25.5. The van der Waals surface area contributed by atoms with Crippen LogP contribution < -0.4 is 15.8 Å². The summed E-state index contributed by atoms with van der Waals surface area (Å²) in [6.07, 6.45) is 7.38. The van der Waals surface area contributed by atoms with Gasteiger partial charge in [-0.1, -0.05) is 6.42 Å². The number of carbonyl (C=O) groups is 1. The molecule has 3 saturated carbocycles. The van der Waals surface area contributed by atoms with Gasteiger partial charge in [0.15, 0.2) is 0 Å². The van der Waals surface area contributed by atoms with Crippen molar-refractivity contribution in [3.8, 4) is 0 Å². The number of sulfonamides is 1. The van der Waals surface area contributed by atoms with Crippen LogP contribution in [0.15, 0.2) is 0 Å². The molecule has 6 atom stereocenters. The second-order valence-corrected chi connectivity index (χ2v) is 9.15. The Morgan fingerprint density at radius 3 is 2.48 bits per heavy atom. The number of hydrogen-bond acceptors (Lipinski definition) is 4. The largest absolute Gasteiger partial charge is 0.355 e. The third-order valence-corrected chi connectivity index (χ3v) is 6.58. The van der Waals surface area contributed by atoms with E-state index in [4.69, 9.17) is 5.73 Å². The van der Waals surface area contributed by atoms with Gasteiger partial charge in [0, 0.05) is 18.6 Å². The second-order valence-electron chi connectivity index (χ2n) is 7.37. The average molecular weight is 366 g/mol. The van der Waals surface area contributed by atoms with Crippen LogP contribution in [0.25, 0.3) is 0 Å². The predicted molar refractivity (Wildman–Crippen MR) is 91.7 cm³/mol. The highest BCUT2D eigenvalue weighted by molar-refractivity contribution is 7.88. The minimum Gasteiger partial charge on any atom is -0.355 e. The van der Waals surface area contributed by atoms with Gasteiger partial charge in [0.05, 0.1) is 12.2 Å². The Kier molecular flexibility index (Phi) is 5.98. The Hall–Kier alpha value is -0.370. The van der Waals surface area contributed by atoms with E-state index < -0.39 is 10.0 Å². The van der Waals surface area contributed by atoms with Gasteiger partial charge < -0.3 is 11.1 Å². The first-order chi connectivity index (χ1) is 10.3. The monoisotopic (exact) mass is 365 g/mol. The summed E-state index contributed by atoms with van der Waals surface area (Å²) in [7, 11) is -3.19. The maximum atomic E-state index is 12.5. The molecule has 0 radical (unpaired) electrons. The van der Waals surface area contributed by atoms with Crippen molar-refractivity contribution in [2.24, 2.45) is 29.4 Å². The molecule has 6 unspecified atom stereocenters.